The van der Waals surface area contributed by atoms with Gasteiger partial charge in [-0.25, -0.2) is 5.01 Å². The highest BCUT2D eigenvalue weighted by molar-refractivity contribution is 6.32. The van der Waals surface area contributed by atoms with Gasteiger partial charge in [-0.05, 0) is 150 Å². The number of nitrogens with one attached hydrogen (secondary N) is 7. The molecule has 7 aromatic rings. The summed E-state index contributed by atoms with van der Waals surface area (Å²) in [4.78, 5) is 108. The van der Waals surface area contributed by atoms with Gasteiger partial charge < -0.3 is 103 Å². The van der Waals surface area contributed by atoms with Crippen molar-refractivity contribution in [2.24, 2.45) is 17.3 Å². The monoisotopic (exact) mass is 1570 g/mol. The number of fused-ring (bicyclic) bond motifs is 14. The maximum Gasteiger partial charge on any atom is 0.248 e. The molecule has 0 aromatic heterocycles. The molecule has 6 aliphatic heterocycles. The Kier molecular flexibility index (Phi) is 26.4. The van der Waals surface area contributed by atoms with Crippen molar-refractivity contribution in [2.75, 3.05) is 46.8 Å². The fourth-order valence-electron chi connectivity index (χ4n) is 14.2. The minimum Gasteiger partial charge on any atom is -0.508 e. The van der Waals surface area contributed by atoms with Crippen molar-refractivity contribution in [1.29, 1.82) is 0 Å². The average molecular weight is 1570 g/mol. The second-order valence-corrected chi connectivity index (χ2v) is 30.0. The van der Waals surface area contributed by atoms with Gasteiger partial charge in [0.25, 0.3) is 0 Å². The Morgan fingerprint density at radius 2 is 1.14 bits per heavy atom. The fourth-order valence-corrected chi connectivity index (χ4v) is 14.6. The van der Waals surface area contributed by atoms with Gasteiger partial charge in [-0.15, -0.1) is 0 Å². The van der Waals surface area contributed by atoms with Crippen LogP contribution in [0.25, 0.3) is 11.1 Å². The van der Waals surface area contributed by atoms with Crippen LogP contribution in [0.2, 0.25) is 10.0 Å². The van der Waals surface area contributed by atoms with Crippen LogP contribution in [0.15, 0.2) is 109 Å². The topological polar surface area (TPSA) is 454 Å². The number of quaternary nitrogens is 1. The van der Waals surface area contributed by atoms with E-state index in [9.17, 15) is 40.5 Å². The van der Waals surface area contributed by atoms with Crippen molar-refractivity contribution in [3.63, 3.8) is 0 Å². The number of benzene rings is 7. The van der Waals surface area contributed by atoms with Gasteiger partial charge in [0.15, 0.2) is 23.0 Å². The van der Waals surface area contributed by atoms with Crippen LogP contribution in [0.3, 0.4) is 0 Å². The zero-order valence-corrected chi connectivity index (χ0v) is 63.3. The van der Waals surface area contributed by atoms with Gasteiger partial charge in [0.1, 0.15) is 88.6 Å². The lowest BCUT2D eigenvalue weighted by Gasteiger charge is -2.32. The third-order valence-electron chi connectivity index (χ3n) is 20.4. The molecule has 17 bridgehead atoms. The van der Waals surface area contributed by atoms with Crippen LogP contribution < -0.4 is 68.7 Å². The number of ether oxygens (including phenoxy) is 3. The number of rotatable bonds is 22. The van der Waals surface area contributed by atoms with Crippen LogP contribution in [-0.4, -0.2) is 145 Å². The summed E-state index contributed by atoms with van der Waals surface area (Å²) in [6, 6.07) is 8.57. The second-order valence-electron chi connectivity index (χ2n) is 29.2. The van der Waals surface area contributed by atoms with Crippen molar-refractivity contribution >= 4 is 64.6 Å². The van der Waals surface area contributed by atoms with Gasteiger partial charge in [0.2, 0.25) is 47.1 Å². The zero-order chi connectivity index (χ0) is 79.5. The summed E-state index contributed by atoms with van der Waals surface area (Å²) < 4.78 is 19.5. The minimum absolute atomic E-state index is 0.0489. The van der Waals surface area contributed by atoms with E-state index in [0.717, 1.165) is 75.2 Å². The van der Waals surface area contributed by atoms with E-state index in [1.165, 1.54) is 110 Å². The molecule has 0 saturated heterocycles. The highest BCUT2D eigenvalue weighted by Crippen LogP contribution is 2.50. The van der Waals surface area contributed by atoms with Crippen LogP contribution in [0, 0.1) is 0 Å². The first-order valence-corrected chi connectivity index (χ1v) is 38.0. The molecule has 0 aliphatic carbocycles. The van der Waals surface area contributed by atoms with E-state index in [-0.39, 0.29) is 109 Å². The number of amides is 7. The van der Waals surface area contributed by atoms with Crippen LogP contribution in [0.1, 0.15) is 171 Å². The molecule has 8 atom stereocenters. The van der Waals surface area contributed by atoms with Gasteiger partial charge in [-0.1, -0.05) is 106 Å². The standard InChI is InChI=1S/C80H94Cl2N12O17/c1-4-5-6-7-8-9-12-15-28-94(2,3)29-16-27-93(85)41-52-58(98)40-51-64(72(52)100)50-34-44(19-21-56(50)96)66-77(105)92-70(80(108)91-69(51)76(104)86-26-14-11-10-13-25-83)71(99)45-20-24-60(54(82)35-45)111-63-38-47-37-62(73(63)101)110-59-23-17-42(30-53(59)81)31-55-74(102)88-67(78(106)90-68(47)79(107)89-66)46-32-48(95)39-49(33-46)109-61-36-43(18-22-57(61)97)65(84)75(103)87-55/h17-24,30,32-40,55,65-71,99H,4-16,25-29,31,41,83-85H2,1-3H3,(H12-,86,87,88,89,90,91,92,95,96,97,98,100,101,102,103,104,105,106,107,108)/p+1/t55?,65?,66?,67?,68?,69-,70?,71?/m1/s1. The van der Waals surface area contributed by atoms with Crippen LogP contribution >= 0.6 is 23.2 Å². The largest absolute Gasteiger partial charge is 0.508 e. The maximum absolute atomic E-state index is 16.2. The van der Waals surface area contributed by atoms with Gasteiger partial charge in [-0.2, -0.15) is 0 Å². The summed E-state index contributed by atoms with van der Waals surface area (Å²) in [5.74, 6) is -6.74. The Hall–Kier alpha value is -10.6. The molecule has 7 aromatic carbocycles. The van der Waals surface area contributed by atoms with Crippen molar-refractivity contribution in [1.82, 2.24) is 42.2 Å². The van der Waals surface area contributed by atoms with Gasteiger partial charge >= 0.3 is 0 Å². The molecule has 0 saturated carbocycles. The molecule has 29 nitrogen and oxygen atoms in total. The van der Waals surface area contributed by atoms with Crippen molar-refractivity contribution in [3.8, 4) is 80.1 Å². The molecular formula is C80H95Cl2N12O17+. The van der Waals surface area contributed by atoms with E-state index >= 15 is 28.8 Å². The fraction of sp³-hybridized carbons (Fsp3) is 0.388. The van der Waals surface area contributed by atoms with E-state index in [1.54, 1.807) is 0 Å². The van der Waals surface area contributed by atoms with E-state index < -0.39 is 136 Å². The second kappa shape index (κ2) is 36.0. The molecule has 31 heteroatoms. The summed E-state index contributed by atoms with van der Waals surface area (Å²) in [5.41, 5.74) is 10.6. The Bertz CT molecular complexity index is 4660. The zero-order valence-electron chi connectivity index (χ0n) is 61.7. The molecule has 7 unspecified atom stereocenters. The Morgan fingerprint density at radius 3 is 1.82 bits per heavy atom. The first-order chi connectivity index (χ1) is 53.1. The maximum atomic E-state index is 16.2. The highest BCUT2D eigenvalue weighted by Gasteiger charge is 2.42. The molecule has 0 fully saturated rings. The van der Waals surface area contributed by atoms with Crippen LogP contribution in [0.4, 0.5) is 0 Å². The number of phenols is 6. The average Bonchev–Trinajstić information content (AvgIpc) is 0.754. The smallest absolute Gasteiger partial charge is 0.248 e. The number of nitrogens with two attached hydrogens (primary N) is 3. The Labute approximate surface area is 651 Å². The lowest BCUT2D eigenvalue weighted by molar-refractivity contribution is -0.890. The lowest BCUT2D eigenvalue weighted by atomic mass is 9.87. The quantitative estimate of drug-likeness (QED) is 0.0130. The molecule has 20 N–H and O–H groups in total. The number of aliphatic hydroxyl groups excluding tert-OH is 1. The number of unbranched alkanes of at least 4 members (excludes halogenated alkanes) is 10. The Morgan fingerprint density at radius 1 is 0.550 bits per heavy atom. The predicted octanol–water partition coefficient (Wildman–Crippen LogP) is 8.82. The molecule has 13 rings (SSSR count). The third kappa shape index (κ3) is 19.6. The number of hydrogen-bond donors (Lipinski definition) is 17. The van der Waals surface area contributed by atoms with Crippen molar-refractivity contribution in [3.05, 3.63) is 164 Å². The molecule has 590 valence electrons. The summed E-state index contributed by atoms with van der Waals surface area (Å²) in [7, 11) is 4.28. The first-order valence-electron chi connectivity index (χ1n) is 37.2. The third-order valence-corrected chi connectivity index (χ3v) is 20.9. The van der Waals surface area contributed by atoms with Gasteiger partial charge in [0, 0.05) is 49.7 Å². The van der Waals surface area contributed by atoms with Crippen LogP contribution in [-0.2, 0) is 46.5 Å². The highest BCUT2D eigenvalue weighted by atomic mass is 35.5. The molecule has 6 aliphatic rings. The number of nitrogens with zero attached hydrogens (tertiary/aromatic N) is 2. The SMILES string of the molecule is CCCCCCCCCC[N+](C)(C)CCCN(N)Cc1c(O)cc2c(c1O)-c1cc(ccc1O)C1NC(=O)C3NC(=O)C4NC(=O)C(Cc5ccc(c(Cl)c5)Oc5cc3cc(c5O)Oc3ccc(cc3Cl)C(O)C(NC1=O)C(=O)N[C@H]2C(=O)NCCCCCCN)NC(=O)C(N)c1ccc(O)c(c1)Oc1cc(O)cc4c1. The van der Waals surface area contributed by atoms with E-state index in [0.29, 0.717) is 42.3 Å². The molecular weight excluding hydrogens is 1470 g/mol. The molecule has 7 amide bonds. The summed E-state index contributed by atoms with van der Waals surface area (Å²) >= 11 is 14.0. The number of carbonyl (C=O) groups is 7. The number of aromatic hydroxyl groups is 6. The number of phenolic OH excluding ortho intramolecular Hbond substituents is 6. The molecule has 6 heterocycles. The number of hydrogen-bond acceptors (Lipinski definition) is 21. The molecule has 111 heavy (non-hydrogen) atoms. The summed E-state index contributed by atoms with van der Waals surface area (Å²) in [5, 5.41) is 105. The first kappa shape index (κ1) is 81.4. The number of aliphatic hydroxyl groups is 1. The molecule has 0 spiro atoms. The number of carbonyl (C=O) groups excluding carboxylic acids is 7. The minimum atomic E-state index is -2.18. The predicted molar refractivity (Wildman–Crippen MR) is 412 cm³/mol. The van der Waals surface area contributed by atoms with Crippen molar-refractivity contribution < 1.29 is 88.0 Å². The summed E-state index contributed by atoms with van der Waals surface area (Å²) in [6.07, 6.45) is 10.1. The normalized spacial score (nSPS) is 19.9. The van der Waals surface area contributed by atoms with Gasteiger partial charge in [0.05, 0.1) is 42.8 Å². The van der Waals surface area contributed by atoms with E-state index in [1.807, 2.05) is 0 Å². The van der Waals surface area contributed by atoms with Crippen molar-refractivity contribution in [2.45, 2.75) is 152 Å². The van der Waals surface area contributed by atoms with E-state index in [2.05, 4.69) is 58.2 Å². The lowest BCUT2D eigenvalue weighted by Crippen LogP contribution is -2.56. The summed E-state index contributed by atoms with van der Waals surface area (Å²) in [6.45, 7) is 4.29. The van der Waals surface area contributed by atoms with E-state index in [4.69, 9.17) is 54.7 Å². The van der Waals surface area contributed by atoms with Gasteiger partial charge in [-0.3, -0.25) is 39.4 Å². The number of halogens is 2. The number of hydrazine groups is 1. The van der Waals surface area contributed by atoms with Crippen LogP contribution in [0.5, 0.6) is 69.0 Å². The Balaban J connectivity index is 1.06. The molecule has 0 radical (unpaired) electrons.